The first-order chi connectivity index (χ1) is 17.1. The number of nitrogens with zero attached hydrogens (tertiary/aromatic N) is 4. The lowest BCUT2D eigenvalue weighted by atomic mass is 9.97. The molecule has 0 saturated carbocycles. The number of piperidine rings is 1. The number of ether oxygens (including phenoxy) is 1. The maximum Gasteiger partial charge on any atom is 0.225 e. The zero-order valence-electron chi connectivity index (χ0n) is 19.7. The molecule has 180 valence electrons. The van der Waals surface area contributed by atoms with Crippen LogP contribution in [-0.2, 0) is 11.3 Å². The van der Waals surface area contributed by atoms with Gasteiger partial charge in [0.1, 0.15) is 11.3 Å². The largest absolute Gasteiger partial charge is 0.494 e. The molecule has 0 aliphatic carbocycles. The van der Waals surface area contributed by atoms with Crippen LogP contribution in [0.1, 0.15) is 25.3 Å². The molecule has 4 aromatic rings. The van der Waals surface area contributed by atoms with Crippen molar-refractivity contribution in [3.8, 4) is 17.0 Å². The highest BCUT2D eigenvalue weighted by Gasteiger charge is 2.28. The number of fused-ring (bicyclic) bond motifs is 1. The van der Waals surface area contributed by atoms with Gasteiger partial charge in [-0.25, -0.2) is 9.50 Å². The van der Waals surface area contributed by atoms with E-state index in [2.05, 4.69) is 15.2 Å². The van der Waals surface area contributed by atoms with E-state index in [0.29, 0.717) is 24.7 Å². The molecule has 1 saturated heterocycles. The van der Waals surface area contributed by atoms with Gasteiger partial charge in [-0.15, -0.1) is 0 Å². The van der Waals surface area contributed by atoms with E-state index in [9.17, 15) is 4.79 Å². The van der Waals surface area contributed by atoms with Crippen molar-refractivity contribution in [2.45, 2.75) is 26.3 Å². The Labute approximate surface area is 209 Å². The van der Waals surface area contributed by atoms with E-state index in [1.165, 1.54) is 0 Å². The van der Waals surface area contributed by atoms with Gasteiger partial charge in [-0.2, -0.15) is 5.10 Å². The number of anilines is 1. The Balaban J connectivity index is 1.31. The van der Waals surface area contributed by atoms with Gasteiger partial charge in [-0.1, -0.05) is 41.9 Å². The molecule has 2 aromatic carbocycles. The first-order valence-corrected chi connectivity index (χ1v) is 12.3. The highest BCUT2D eigenvalue weighted by Crippen LogP contribution is 2.29. The van der Waals surface area contributed by atoms with Crippen LogP contribution in [0.15, 0.2) is 67.0 Å². The summed E-state index contributed by atoms with van der Waals surface area (Å²) in [4.78, 5) is 19.9. The fourth-order valence-corrected chi connectivity index (χ4v) is 4.79. The van der Waals surface area contributed by atoms with Crippen LogP contribution in [-0.4, -0.2) is 40.2 Å². The molecular weight excluding hydrogens is 462 g/mol. The lowest BCUT2D eigenvalue weighted by Gasteiger charge is -2.33. The van der Waals surface area contributed by atoms with Crippen LogP contribution in [0.4, 0.5) is 5.82 Å². The Hall–Kier alpha value is -3.58. The average Bonchev–Trinajstić information content (AvgIpc) is 3.33. The molecule has 1 aliphatic rings. The van der Waals surface area contributed by atoms with E-state index in [1.807, 2.05) is 72.2 Å². The Morgan fingerprint density at radius 1 is 1.20 bits per heavy atom. The van der Waals surface area contributed by atoms with Gasteiger partial charge in [0.05, 0.1) is 18.2 Å². The number of rotatable bonds is 7. The number of carbonyl (C=O) groups is 1. The number of nitrogens with one attached hydrogen (secondary N) is 1. The lowest BCUT2D eigenvalue weighted by Crippen LogP contribution is -2.43. The SMILES string of the molecule is CCOc1ccccc1CNC(=O)[C@H]1CCCN(c2nccn3nc(-c4cccc(Cl)c4)cc23)C1. The minimum absolute atomic E-state index is 0.0566. The van der Waals surface area contributed by atoms with Crippen molar-refractivity contribution < 1.29 is 9.53 Å². The van der Waals surface area contributed by atoms with E-state index in [1.54, 1.807) is 6.20 Å². The maximum atomic E-state index is 13.1. The third kappa shape index (κ3) is 5.10. The van der Waals surface area contributed by atoms with Crippen molar-refractivity contribution in [1.82, 2.24) is 19.9 Å². The molecule has 1 fully saturated rings. The normalized spacial score (nSPS) is 15.8. The third-order valence-electron chi connectivity index (χ3n) is 6.31. The van der Waals surface area contributed by atoms with Crippen LogP contribution in [0.3, 0.4) is 0 Å². The van der Waals surface area contributed by atoms with Gasteiger partial charge in [0.15, 0.2) is 5.82 Å². The minimum atomic E-state index is -0.111. The molecule has 35 heavy (non-hydrogen) atoms. The number of aromatic nitrogens is 3. The van der Waals surface area contributed by atoms with Gasteiger partial charge in [0.25, 0.3) is 0 Å². The molecule has 1 N–H and O–H groups in total. The Bertz CT molecular complexity index is 1340. The number of amides is 1. The smallest absolute Gasteiger partial charge is 0.225 e. The second-order valence-electron chi connectivity index (χ2n) is 8.66. The Morgan fingerprint density at radius 2 is 2.09 bits per heavy atom. The molecule has 3 heterocycles. The molecule has 0 spiro atoms. The van der Waals surface area contributed by atoms with Crippen molar-refractivity contribution in [3.05, 3.63) is 77.6 Å². The number of hydrogen-bond donors (Lipinski definition) is 1. The van der Waals surface area contributed by atoms with Crippen LogP contribution < -0.4 is 15.0 Å². The second-order valence-corrected chi connectivity index (χ2v) is 9.10. The number of para-hydroxylation sites is 1. The van der Waals surface area contributed by atoms with E-state index >= 15 is 0 Å². The molecule has 0 unspecified atom stereocenters. The summed E-state index contributed by atoms with van der Waals surface area (Å²) >= 11 is 6.18. The first kappa shape index (κ1) is 23.2. The highest BCUT2D eigenvalue weighted by molar-refractivity contribution is 6.30. The van der Waals surface area contributed by atoms with Crippen molar-refractivity contribution in [1.29, 1.82) is 0 Å². The van der Waals surface area contributed by atoms with Crippen molar-refractivity contribution >= 4 is 28.8 Å². The van der Waals surface area contributed by atoms with Gasteiger partial charge in [-0.3, -0.25) is 4.79 Å². The topological polar surface area (TPSA) is 71.8 Å². The Morgan fingerprint density at radius 3 is 2.94 bits per heavy atom. The molecule has 1 atom stereocenters. The summed E-state index contributed by atoms with van der Waals surface area (Å²) in [5, 5.41) is 8.50. The molecule has 8 heteroatoms. The highest BCUT2D eigenvalue weighted by atomic mass is 35.5. The lowest BCUT2D eigenvalue weighted by molar-refractivity contribution is -0.125. The third-order valence-corrected chi connectivity index (χ3v) is 6.54. The zero-order chi connectivity index (χ0) is 24.2. The van der Waals surface area contributed by atoms with Gasteiger partial charge in [-0.05, 0) is 44.0 Å². The van der Waals surface area contributed by atoms with Crippen LogP contribution in [0.5, 0.6) is 5.75 Å². The standard InChI is InChI=1S/C27H28ClN5O2/c1-2-35-25-11-4-3-7-20(25)17-30-27(34)21-9-6-13-32(18-21)26-24-16-23(31-33(24)14-12-29-26)19-8-5-10-22(28)15-19/h3-5,7-8,10-12,14-16,21H,2,6,9,13,17-18H2,1H3,(H,30,34)/t21-/m0/s1. The number of benzene rings is 2. The monoisotopic (exact) mass is 489 g/mol. The van der Waals surface area contributed by atoms with Crippen molar-refractivity contribution in [2.24, 2.45) is 5.92 Å². The van der Waals surface area contributed by atoms with Crippen LogP contribution in [0, 0.1) is 5.92 Å². The molecular formula is C27H28ClN5O2. The molecule has 1 aliphatic heterocycles. The van der Waals surface area contributed by atoms with Crippen LogP contribution in [0.25, 0.3) is 16.8 Å². The summed E-state index contributed by atoms with van der Waals surface area (Å²) in [7, 11) is 0. The number of halogens is 1. The average molecular weight is 490 g/mol. The van der Waals surface area contributed by atoms with Crippen LogP contribution in [0.2, 0.25) is 5.02 Å². The summed E-state index contributed by atoms with van der Waals surface area (Å²) in [6.45, 7) is 4.46. The van der Waals surface area contributed by atoms with E-state index in [0.717, 1.165) is 53.3 Å². The molecule has 1 amide bonds. The fraction of sp³-hybridized carbons (Fsp3) is 0.296. The predicted molar refractivity (Wildman–Crippen MR) is 138 cm³/mol. The summed E-state index contributed by atoms with van der Waals surface area (Å²) in [5.74, 6) is 1.60. The molecule has 2 aromatic heterocycles. The summed E-state index contributed by atoms with van der Waals surface area (Å²) in [6.07, 6.45) is 5.37. The Kier molecular flexibility index (Phi) is 6.86. The van der Waals surface area contributed by atoms with Gasteiger partial charge in [0, 0.05) is 48.2 Å². The van der Waals surface area contributed by atoms with E-state index in [-0.39, 0.29) is 11.8 Å². The van der Waals surface area contributed by atoms with Gasteiger partial charge >= 0.3 is 0 Å². The van der Waals surface area contributed by atoms with E-state index < -0.39 is 0 Å². The maximum absolute atomic E-state index is 13.1. The number of hydrogen-bond acceptors (Lipinski definition) is 5. The summed E-state index contributed by atoms with van der Waals surface area (Å²) in [6, 6.07) is 17.5. The molecule has 0 bridgehead atoms. The van der Waals surface area contributed by atoms with Gasteiger partial charge in [0.2, 0.25) is 5.91 Å². The van der Waals surface area contributed by atoms with Crippen LogP contribution >= 0.6 is 11.6 Å². The molecule has 5 rings (SSSR count). The van der Waals surface area contributed by atoms with Gasteiger partial charge < -0.3 is 15.0 Å². The predicted octanol–water partition coefficient (Wildman–Crippen LogP) is 4.98. The summed E-state index contributed by atoms with van der Waals surface area (Å²) in [5.41, 5.74) is 3.68. The van der Waals surface area contributed by atoms with E-state index in [4.69, 9.17) is 21.4 Å². The fourth-order valence-electron chi connectivity index (χ4n) is 4.60. The number of carbonyl (C=O) groups excluding carboxylic acids is 1. The molecule has 7 nitrogen and oxygen atoms in total. The second kappa shape index (κ2) is 10.4. The zero-order valence-corrected chi connectivity index (χ0v) is 20.4. The van der Waals surface area contributed by atoms with Crippen molar-refractivity contribution in [3.63, 3.8) is 0 Å². The minimum Gasteiger partial charge on any atom is -0.494 e. The quantitative estimate of drug-likeness (QED) is 0.396. The molecule has 0 radical (unpaired) electrons. The summed E-state index contributed by atoms with van der Waals surface area (Å²) < 4.78 is 7.53. The first-order valence-electron chi connectivity index (χ1n) is 12.0. The van der Waals surface area contributed by atoms with Crippen molar-refractivity contribution in [2.75, 3.05) is 24.6 Å².